The van der Waals surface area contributed by atoms with Gasteiger partial charge >= 0.3 is 0 Å². The number of nitrogens with two attached hydrogens (primary N) is 1. The zero-order valence-corrected chi connectivity index (χ0v) is 15.1. The van der Waals surface area contributed by atoms with Crippen LogP contribution >= 0.6 is 0 Å². The van der Waals surface area contributed by atoms with E-state index in [-0.39, 0.29) is 12.3 Å². The van der Waals surface area contributed by atoms with Crippen LogP contribution in [0.5, 0.6) is 5.75 Å². The number of rotatable bonds is 7. The molecule has 0 radical (unpaired) electrons. The van der Waals surface area contributed by atoms with Crippen LogP contribution in [-0.2, 0) is 15.1 Å². The smallest absolute Gasteiger partial charge is 0.195 e. The third-order valence-corrected chi connectivity index (χ3v) is 4.43. The number of carbonyl (C=O) groups excluding carboxylic acids is 1. The Morgan fingerprint density at radius 3 is 1.74 bits per heavy atom. The molecule has 0 aliphatic carbocycles. The SMILES string of the molecule is COc1ccc(C(OC(=C=O)CN)(c2ccccc2)c2ccccc2)cc1. The Morgan fingerprint density at radius 1 is 0.852 bits per heavy atom. The Balaban J connectivity index is 2.31. The van der Waals surface area contributed by atoms with Gasteiger partial charge in [-0.3, -0.25) is 0 Å². The number of ether oxygens (including phenoxy) is 2. The van der Waals surface area contributed by atoms with Crippen LogP contribution in [0.1, 0.15) is 16.7 Å². The fourth-order valence-corrected chi connectivity index (χ4v) is 3.14. The first-order valence-corrected chi connectivity index (χ1v) is 8.63. The van der Waals surface area contributed by atoms with Gasteiger partial charge in [0.15, 0.2) is 17.3 Å². The van der Waals surface area contributed by atoms with Crippen LogP contribution in [0.25, 0.3) is 0 Å². The van der Waals surface area contributed by atoms with Crippen molar-refractivity contribution in [3.63, 3.8) is 0 Å². The molecule has 0 saturated carbocycles. The average Bonchev–Trinajstić information content (AvgIpc) is 2.76. The van der Waals surface area contributed by atoms with E-state index in [4.69, 9.17) is 15.2 Å². The van der Waals surface area contributed by atoms with Gasteiger partial charge in [0.05, 0.1) is 13.7 Å². The number of hydrogen-bond donors (Lipinski definition) is 1. The molecule has 3 aromatic rings. The highest BCUT2D eigenvalue weighted by atomic mass is 16.5. The zero-order valence-electron chi connectivity index (χ0n) is 15.1. The largest absolute Gasteiger partial charge is 0.497 e. The van der Waals surface area contributed by atoms with Gasteiger partial charge in [-0.2, -0.15) is 0 Å². The molecule has 0 bridgehead atoms. The van der Waals surface area contributed by atoms with E-state index in [1.165, 1.54) is 0 Å². The zero-order chi connectivity index (χ0) is 19.1. The molecule has 0 atom stereocenters. The number of methoxy groups -OCH3 is 1. The van der Waals surface area contributed by atoms with Crippen molar-refractivity contribution < 1.29 is 14.3 Å². The van der Waals surface area contributed by atoms with Gasteiger partial charge in [-0.25, -0.2) is 4.79 Å². The molecule has 3 aromatic carbocycles. The number of benzene rings is 3. The Morgan fingerprint density at radius 2 is 1.33 bits per heavy atom. The predicted molar refractivity (Wildman–Crippen MR) is 105 cm³/mol. The van der Waals surface area contributed by atoms with Crippen molar-refractivity contribution in [3.05, 3.63) is 107 Å². The second kappa shape index (κ2) is 8.37. The monoisotopic (exact) mass is 359 g/mol. The highest BCUT2D eigenvalue weighted by molar-refractivity contribution is 5.54. The lowest BCUT2D eigenvalue weighted by Crippen LogP contribution is -2.34. The minimum Gasteiger partial charge on any atom is -0.497 e. The molecule has 0 aliphatic rings. The standard InChI is InChI=1S/C23H21NO3/c1-26-21-14-12-20(13-15-21)23(27-22(16-24)17-25,18-8-4-2-5-9-18)19-10-6-3-7-11-19/h2-15H,16,24H2,1H3. The lowest BCUT2D eigenvalue weighted by atomic mass is 9.80. The van der Waals surface area contributed by atoms with Gasteiger partial charge in [0.2, 0.25) is 0 Å². The summed E-state index contributed by atoms with van der Waals surface area (Å²) in [5.74, 6) is 2.62. The van der Waals surface area contributed by atoms with Crippen molar-refractivity contribution in [3.8, 4) is 5.75 Å². The van der Waals surface area contributed by atoms with Gasteiger partial charge in [0, 0.05) is 16.7 Å². The first-order valence-electron chi connectivity index (χ1n) is 8.63. The molecular weight excluding hydrogens is 338 g/mol. The van der Waals surface area contributed by atoms with Crippen molar-refractivity contribution in [2.75, 3.05) is 13.7 Å². The lowest BCUT2D eigenvalue weighted by Gasteiger charge is -2.36. The molecule has 0 aromatic heterocycles. The van der Waals surface area contributed by atoms with Crippen LogP contribution in [0, 0.1) is 0 Å². The fourth-order valence-electron chi connectivity index (χ4n) is 3.14. The first-order chi connectivity index (χ1) is 13.2. The Labute approximate surface area is 158 Å². The van der Waals surface area contributed by atoms with Crippen molar-refractivity contribution >= 4 is 5.94 Å². The van der Waals surface area contributed by atoms with Gasteiger partial charge in [0.1, 0.15) is 5.75 Å². The average molecular weight is 359 g/mol. The summed E-state index contributed by atoms with van der Waals surface area (Å²) in [6.07, 6.45) is 0. The van der Waals surface area contributed by atoms with Gasteiger partial charge in [-0.1, -0.05) is 72.8 Å². The maximum absolute atomic E-state index is 11.4. The fraction of sp³-hybridized carbons (Fsp3) is 0.130. The van der Waals surface area contributed by atoms with E-state index in [1.807, 2.05) is 90.9 Å². The van der Waals surface area contributed by atoms with E-state index in [1.54, 1.807) is 7.11 Å². The van der Waals surface area contributed by atoms with Crippen molar-refractivity contribution in [2.45, 2.75) is 5.60 Å². The highest BCUT2D eigenvalue weighted by Crippen LogP contribution is 2.42. The third-order valence-electron chi connectivity index (χ3n) is 4.43. The molecule has 0 saturated heterocycles. The van der Waals surface area contributed by atoms with Gasteiger partial charge in [-0.05, 0) is 12.1 Å². The Hall–Kier alpha value is -3.33. The van der Waals surface area contributed by atoms with E-state index in [0.717, 1.165) is 22.4 Å². The summed E-state index contributed by atoms with van der Waals surface area (Å²) >= 11 is 0. The molecule has 0 spiro atoms. The minimum atomic E-state index is -1.04. The molecule has 136 valence electrons. The van der Waals surface area contributed by atoms with E-state index >= 15 is 0 Å². The molecule has 27 heavy (non-hydrogen) atoms. The molecule has 2 N–H and O–H groups in total. The molecule has 0 aliphatic heterocycles. The van der Waals surface area contributed by atoms with Gasteiger partial charge in [-0.15, -0.1) is 0 Å². The molecule has 4 heteroatoms. The van der Waals surface area contributed by atoms with E-state index in [2.05, 4.69) is 0 Å². The summed E-state index contributed by atoms with van der Waals surface area (Å²) in [6, 6.07) is 27.1. The summed E-state index contributed by atoms with van der Waals surface area (Å²) < 4.78 is 11.6. The summed E-state index contributed by atoms with van der Waals surface area (Å²) in [7, 11) is 1.62. The quantitative estimate of drug-likeness (QED) is 0.397. The van der Waals surface area contributed by atoms with E-state index in [9.17, 15) is 4.79 Å². The van der Waals surface area contributed by atoms with Crippen LogP contribution in [0.15, 0.2) is 90.7 Å². The molecule has 0 amide bonds. The van der Waals surface area contributed by atoms with E-state index in [0.29, 0.717) is 0 Å². The second-order valence-electron chi connectivity index (χ2n) is 5.97. The van der Waals surface area contributed by atoms with Gasteiger partial charge in [0.25, 0.3) is 0 Å². The van der Waals surface area contributed by atoms with Crippen LogP contribution in [0.4, 0.5) is 0 Å². The van der Waals surface area contributed by atoms with Crippen LogP contribution in [0.3, 0.4) is 0 Å². The molecule has 0 heterocycles. The number of hydrogen-bond acceptors (Lipinski definition) is 4. The Kier molecular flexibility index (Phi) is 5.72. The third kappa shape index (κ3) is 3.63. The van der Waals surface area contributed by atoms with Crippen LogP contribution in [0.2, 0.25) is 0 Å². The highest BCUT2D eigenvalue weighted by Gasteiger charge is 2.39. The second-order valence-corrected chi connectivity index (χ2v) is 5.97. The summed E-state index contributed by atoms with van der Waals surface area (Å²) in [5, 5.41) is 0. The van der Waals surface area contributed by atoms with Crippen LogP contribution in [-0.4, -0.2) is 19.6 Å². The topological polar surface area (TPSA) is 61.5 Å². The summed E-state index contributed by atoms with van der Waals surface area (Å²) in [6.45, 7) is -0.0406. The minimum absolute atomic E-state index is 0.0406. The molecular formula is C23H21NO3. The lowest BCUT2D eigenvalue weighted by molar-refractivity contribution is 0.0727. The van der Waals surface area contributed by atoms with Crippen molar-refractivity contribution in [2.24, 2.45) is 5.73 Å². The maximum atomic E-state index is 11.4. The molecule has 4 nitrogen and oxygen atoms in total. The first kappa shape index (κ1) is 18.5. The molecule has 0 unspecified atom stereocenters. The van der Waals surface area contributed by atoms with Crippen molar-refractivity contribution in [1.82, 2.24) is 0 Å². The van der Waals surface area contributed by atoms with Gasteiger partial charge < -0.3 is 15.2 Å². The normalized spacial score (nSPS) is 10.7. The molecule has 0 fully saturated rings. The maximum Gasteiger partial charge on any atom is 0.195 e. The Bertz CT molecular complexity index is 875. The predicted octanol–water partition coefficient (Wildman–Crippen LogP) is 3.68. The van der Waals surface area contributed by atoms with Crippen molar-refractivity contribution in [1.29, 1.82) is 0 Å². The van der Waals surface area contributed by atoms with Crippen LogP contribution < -0.4 is 10.5 Å². The summed E-state index contributed by atoms with van der Waals surface area (Å²) in [5.41, 5.74) is 7.29. The van der Waals surface area contributed by atoms with E-state index < -0.39 is 5.60 Å². The molecule has 3 rings (SSSR count). The summed E-state index contributed by atoms with van der Waals surface area (Å²) in [4.78, 5) is 11.4.